The largest absolute Gasteiger partial charge is 0.463 e. The Morgan fingerprint density at radius 1 is 1.06 bits per heavy atom. The summed E-state index contributed by atoms with van der Waals surface area (Å²) in [7, 11) is 0. The molecule has 4 aromatic heterocycles. The Morgan fingerprint density at radius 2 is 1.94 bits per heavy atom. The Bertz CT molecular complexity index is 1440. The van der Waals surface area contributed by atoms with Crippen LogP contribution in [0.15, 0.2) is 59.5 Å². The van der Waals surface area contributed by atoms with Gasteiger partial charge >= 0.3 is 0 Å². The van der Waals surface area contributed by atoms with Gasteiger partial charge in [-0.05, 0) is 43.5 Å². The summed E-state index contributed by atoms with van der Waals surface area (Å²) < 4.78 is 12.9. The van der Waals surface area contributed by atoms with Gasteiger partial charge in [0.05, 0.1) is 28.7 Å². The Hall–Kier alpha value is -3.29. The molecule has 6 rings (SSSR count). The molecule has 1 aromatic carbocycles. The van der Waals surface area contributed by atoms with Crippen molar-refractivity contribution in [1.29, 1.82) is 0 Å². The highest BCUT2D eigenvalue weighted by Gasteiger charge is 2.32. The van der Waals surface area contributed by atoms with E-state index in [0.29, 0.717) is 6.61 Å². The fraction of sp³-hybridized carbons (Fsp3) is 0.269. The first-order chi connectivity index (χ1) is 16.1. The molecule has 0 bridgehead atoms. The van der Waals surface area contributed by atoms with E-state index in [9.17, 15) is 0 Å². The Labute approximate surface area is 195 Å². The minimum atomic E-state index is -0.250. The van der Waals surface area contributed by atoms with Gasteiger partial charge in [0.1, 0.15) is 22.7 Å². The SMILES string of the molecule is CC1(C)Cc2c(c(-c3ccco3)nc3sc4c(NCCc5ccccc5)ncnc4c23)CO1. The lowest BCUT2D eigenvalue weighted by molar-refractivity contribution is -0.0395. The van der Waals surface area contributed by atoms with E-state index in [2.05, 4.69) is 48.4 Å². The van der Waals surface area contributed by atoms with E-state index >= 15 is 0 Å². The average molecular weight is 457 g/mol. The Kier molecular flexibility index (Phi) is 4.89. The van der Waals surface area contributed by atoms with Gasteiger partial charge in [0.2, 0.25) is 0 Å². The lowest BCUT2D eigenvalue weighted by Gasteiger charge is -2.32. The van der Waals surface area contributed by atoms with Gasteiger partial charge in [-0.1, -0.05) is 30.3 Å². The van der Waals surface area contributed by atoms with Gasteiger partial charge in [-0.25, -0.2) is 15.0 Å². The van der Waals surface area contributed by atoms with Crippen molar-refractivity contribution >= 4 is 37.6 Å². The quantitative estimate of drug-likeness (QED) is 0.349. The number of rotatable bonds is 5. The molecule has 1 aliphatic rings. The summed E-state index contributed by atoms with van der Waals surface area (Å²) >= 11 is 1.64. The van der Waals surface area contributed by atoms with Crippen LogP contribution >= 0.6 is 11.3 Å². The molecule has 0 fully saturated rings. The number of nitrogens with one attached hydrogen (secondary N) is 1. The number of pyridine rings is 1. The van der Waals surface area contributed by atoms with E-state index in [-0.39, 0.29) is 5.60 Å². The molecule has 0 spiro atoms. The summed E-state index contributed by atoms with van der Waals surface area (Å²) in [5, 5.41) is 4.64. The van der Waals surface area contributed by atoms with E-state index in [1.54, 1.807) is 23.9 Å². The zero-order valence-electron chi connectivity index (χ0n) is 18.6. The first kappa shape index (κ1) is 20.3. The molecule has 0 atom stereocenters. The van der Waals surface area contributed by atoms with Crippen LogP contribution in [0.25, 0.3) is 31.9 Å². The third-order valence-corrected chi connectivity index (χ3v) is 7.21. The molecule has 6 nitrogen and oxygen atoms in total. The molecule has 166 valence electrons. The molecule has 0 amide bonds. The molecule has 1 aliphatic heterocycles. The zero-order valence-corrected chi connectivity index (χ0v) is 19.4. The highest BCUT2D eigenvalue weighted by molar-refractivity contribution is 7.26. The maximum atomic E-state index is 6.16. The van der Waals surface area contributed by atoms with Crippen molar-refractivity contribution < 1.29 is 9.15 Å². The molecule has 0 aliphatic carbocycles. The average Bonchev–Trinajstić information content (AvgIpc) is 3.47. The van der Waals surface area contributed by atoms with Gasteiger partial charge in [-0.15, -0.1) is 11.3 Å². The van der Waals surface area contributed by atoms with Crippen LogP contribution < -0.4 is 5.32 Å². The normalized spacial score (nSPS) is 15.1. The lowest BCUT2D eigenvalue weighted by Crippen LogP contribution is -2.32. The second-order valence-corrected chi connectivity index (χ2v) is 9.96. The Balaban J connectivity index is 1.47. The third kappa shape index (κ3) is 3.67. The summed E-state index contributed by atoms with van der Waals surface area (Å²) in [5.74, 6) is 1.62. The monoisotopic (exact) mass is 456 g/mol. The zero-order chi connectivity index (χ0) is 22.4. The van der Waals surface area contributed by atoms with Gasteiger partial charge < -0.3 is 14.5 Å². The van der Waals surface area contributed by atoms with Crippen LogP contribution in [0, 0.1) is 0 Å². The lowest BCUT2D eigenvalue weighted by atomic mass is 9.89. The topological polar surface area (TPSA) is 73.1 Å². The van der Waals surface area contributed by atoms with Gasteiger partial charge in [-0.2, -0.15) is 0 Å². The molecular formula is C26H24N4O2S. The fourth-order valence-electron chi connectivity index (χ4n) is 4.52. The van der Waals surface area contributed by atoms with Crippen molar-refractivity contribution in [2.75, 3.05) is 11.9 Å². The number of anilines is 1. The molecule has 0 unspecified atom stereocenters. The van der Waals surface area contributed by atoms with Crippen molar-refractivity contribution in [2.45, 2.75) is 38.9 Å². The minimum Gasteiger partial charge on any atom is -0.463 e. The van der Waals surface area contributed by atoms with Crippen LogP contribution in [-0.2, 0) is 24.2 Å². The number of nitrogens with zero attached hydrogens (tertiary/aromatic N) is 3. The first-order valence-corrected chi connectivity index (χ1v) is 12.0. The maximum absolute atomic E-state index is 6.16. The van der Waals surface area contributed by atoms with Crippen molar-refractivity contribution in [1.82, 2.24) is 15.0 Å². The van der Waals surface area contributed by atoms with E-state index in [1.165, 1.54) is 11.1 Å². The van der Waals surface area contributed by atoms with Crippen molar-refractivity contribution in [3.05, 3.63) is 71.7 Å². The number of hydrogen-bond donors (Lipinski definition) is 1. The fourth-order valence-corrected chi connectivity index (χ4v) is 5.64. The summed E-state index contributed by atoms with van der Waals surface area (Å²) in [5.41, 5.74) is 5.21. The van der Waals surface area contributed by atoms with Crippen LogP contribution in [-0.4, -0.2) is 27.1 Å². The second kappa shape index (κ2) is 7.93. The number of benzene rings is 1. The van der Waals surface area contributed by atoms with E-state index < -0.39 is 0 Å². The van der Waals surface area contributed by atoms with E-state index in [4.69, 9.17) is 19.1 Å². The third-order valence-electron chi connectivity index (χ3n) is 6.13. The molecule has 1 N–H and O–H groups in total. The second-order valence-electron chi connectivity index (χ2n) is 8.96. The number of thiophene rings is 1. The molecule has 5 heterocycles. The predicted molar refractivity (Wildman–Crippen MR) is 132 cm³/mol. The summed E-state index contributed by atoms with van der Waals surface area (Å²) in [6, 6.07) is 14.3. The molecule has 5 aromatic rings. The predicted octanol–water partition coefficient (Wildman–Crippen LogP) is 6.01. The van der Waals surface area contributed by atoms with Gasteiger partial charge in [0.15, 0.2) is 5.76 Å². The standard InChI is InChI=1S/C26H24N4O2S/c1-26(2)13-17-18(14-32-26)21(19-9-6-12-31-19)30-25-20(17)22-23(33-25)24(29-15-28-22)27-11-10-16-7-4-3-5-8-16/h3-9,12,15H,10-11,13-14H2,1-2H3,(H,27,28,29). The summed E-state index contributed by atoms with van der Waals surface area (Å²) in [6.45, 7) is 5.57. The maximum Gasteiger partial charge on any atom is 0.152 e. The molecule has 0 saturated carbocycles. The van der Waals surface area contributed by atoms with E-state index in [1.807, 2.05) is 18.2 Å². The number of furan rings is 1. The van der Waals surface area contributed by atoms with Crippen LogP contribution in [0.4, 0.5) is 5.82 Å². The van der Waals surface area contributed by atoms with Crippen LogP contribution in [0.3, 0.4) is 0 Å². The summed E-state index contributed by atoms with van der Waals surface area (Å²) in [6.07, 6.45) is 5.06. The van der Waals surface area contributed by atoms with Crippen molar-refractivity contribution in [3.8, 4) is 11.5 Å². The molecule has 0 saturated heterocycles. The number of ether oxygens (including phenoxy) is 1. The molecule has 33 heavy (non-hydrogen) atoms. The highest BCUT2D eigenvalue weighted by atomic mass is 32.1. The smallest absolute Gasteiger partial charge is 0.152 e. The molecule has 7 heteroatoms. The number of aromatic nitrogens is 3. The molecule has 0 radical (unpaired) electrons. The van der Waals surface area contributed by atoms with Gasteiger partial charge in [0, 0.05) is 23.9 Å². The number of fused-ring (bicyclic) bond motifs is 5. The van der Waals surface area contributed by atoms with Crippen LogP contribution in [0.2, 0.25) is 0 Å². The van der Waals surface area contributed by atoms with Gasteiger partial charge in [-0.3, -0.25) is 0 Å². The van der Waals surface area contributed by atoms with Crippen LogP contribution in [0.5, 0.6) is 0 Å². The highest BCUT2D eigenvalue weighted by Crippen LogP contribution is 2.44. The van der Waals surface area contributed by atoms with Crippen LogP contribution in [0.1, 0.15) is 30.5 Å². The van der Waals surface area contributed by atoms with Crippen molar-refractivity contribution in [2.24, 2.45) is 0 Å². The molecular weight excluding hydrogens is 432 g/mol. The summed E-state index contributed by atoms with van der Waals surface area (Å²) in [4.78, 5) is 15.3. The first-order valence-electron chi connectivity index (χ1n) is 11.1. The van der Waals surface area contributed by atoms with Crippen molar-refractivity contribution in [3.63, 3.8) is 0 Å². The Morgan fingerprint density at radius 3 is 2.76 bits per heavy atom. The minimum absolute atomic E-state index is 0.250. The van der Waals surface area contributed by atoms with E-state index in [0.717, 1.165) is 62.7 Å². The van der Waals surface area contributed by atoms with Gasteiger partial charge in [0.25, 0.3) is 0 Å². The number of hydrogen-bond acceptors (Lipinski definition) is 7.